The number of allylic oxidation sites excluding steroid dienone is 1. The summed E-state index contributed by atoms with van der Waals surface area (Å²) in [5.41, 5.74) is 0.459. The second-order valence-electron chi connectivity index (χ2n) is 2.69. The molecule has 0 aromatic carbocycles. The molecule has 3 heteroatoms. The summed E-state index contributed by atoms with van der Waals surface area (Å²) < 4.78 is 0. The van der Waals surface area contributed by atoms with Crippen molar-refractivity contribution in [1.82, 2.24) is 0 Å². The van der Waals surface area contributed by atoms with E-state index in [0.29, 0.717) is 5.57 Å². The van der Waals surface area contributed by atoms with Crippen LogP contribution < -0.4 is 0 Å². The molecule has 0 atom stereocenters. The van der Waals surface area contributed by atoms with Gasteiger partial charge in [-0.15, -0.1) is 0 Å². The fourth-order valence-electron chi connectivity index (χ4n) is 0.800. The van der Waals surface area contributed by atoms with Gasteiger partial charge in [0.2, 0.25) is 0 Å². The summed E-state index contributed by atoms with van der Waals surface area (Å²) in [5, 5.41) is 8.47. The summed E-state index contributed by atoms with van der Waals surface area (Å²) in [6.45, 7) is 3.77. The van der Waals surface area contributed by atoms with E-state index in [2.05, 4.69) is 6.92 Å². The maximum absolute atomic E-state index is 10.3. The van der Waals surface area contributed by atoms with Gasteiger partial charge in [-0.1, -0.05) is 25.8 Å². The molecule has 1 N–H and O–H groups in total. The first-order chi connectivity index (χ1) is 5.18. The Kier molecular flexibility index (Phi) is 12.7. The van der Waals surface area contributed by atoms with Gasteiger partial charge >= 0.3 is 57.4 Å². The van der Waals surface area contributed by atoms with Crippen molar-refractivity contribution < 1.29 is 9.90 Å². The fraction of sp³-hybridized carbons (Fsp3) is 0.667. The first-order valence-electron chi connectivity index (χ1n) is 4.08. The topological polar surface area (TPSA) is 37.3 Å². The minimum atomic E-state index is -0.804. The standard InChI is InChI=1S/C9H16O2.K.H/c1-3-4-5-6-7-8(2)9(10)11;;/h7H,3-6H2,1-2H3,(H,10,11);;. The van der Waals surface area contributed by atoms with Crippen LogP contribution in [0.1, 0.15) is 39.5 Å². The molecule has 0 unspecified atom stereocenters. The van der Waals surface area contributed by atoms with Gasteiger partial charge in [0.25, 0.3) is 0 Å². The molecule has 0 saturated heterocycles. The summed E-state index contributed by atoms with van der Waals surface area (Å²) in [7, 11) is 0. The van der Waals surface area contributed by atoms with Crippen molar-refractivity contribution in [3.8, 4) is 0 Å². The Balaban J connectivity index is 0. The third-order valence-electron chi connectivity index (χ3n) is 1.60. The molecule has 0 radical (unpaired) electrons. The van der Waals surface area contributed by atoms with Crippen LogP contribution in [-0.4, -0.2) is 62.5 Å². The fourth-order valence-corrected chi connectivity index (χ4v) is 0.800. The number of carboxylic acids is 1. The van der Waals surface area contributed by atoms with Crippen molar-refractivity contribution >= 4 is 57.4 Å². The van der Waals surface area contributed by atoms with E-state index in [1.165, 1.54) is 12.8 Å². The second kappa shape index (κ2) is 9.93. The van der Waals surface area contributed by atoms with Gasteiger partial charge in [-0.2, -0.15) is 0 Å². The molecule has 0 amide bonds. The van der Waals surface area contributed by atoms with Crippen molar-refractivity contribution in [2.24, 2.45) is 0 Å². The van der Waals surface area contributed by atoms with Gasteiger partial charge in [-0.05, 0) is 19.8 Å². The predicted molar refractivity (Wildman–Crippen MR) is 52.7 cm³/mol. The first kappa shape index (κ1) is 15.3. The van der Waals surface area contributed by atoms with Crippen LogP contribution in [0.4, 0.5) is 0 Å². The average molecular weight is 196 g/mol. The van der Waals surface area contributed by atoms with Crippen LogP contribution in [0.3, 0.4) is 0 Å². The molecule has 12 heavy (non-hydrogen) atoms. The van der Waals surface area contributed by atoms with Gasteiger partial charge in [-0.3, -0.25) is 0 Å². The molecule has 2 nitrogen and oxygen atoms in total. The van der Waals surface area contributed by atoms with Crippen LogP contribution in [0.5, 0.6) is 0 Å². The molecule has 0 spiro atoms. The molecule has 0 bridgehead atoms. The van der Waals surface area contributed by atoms with Gasteiger partial charge in [0, 0.05) is 5.57 Å². The average Bonchev–Trinajstić information content (AvgIpc) is 1.97. The summed E-state index contributed by atoms with van der Waals surface area (Å²) in [5.74, 6) is -0.804. The molecule has 0 saturated carbocycles. The molecule has 0 aliphatic rings. The van der Waals surface area contributed by atoms with E-state index in [1.54, 1.807) is 13.0 Å². The molecule has 0 rings (SSSR count). The van der Waals surface area contributed by atoms with E-state index in [9.17, 15) is 4.79 Å². The third kappa shape index (κ3) is 8.94. The quantitative estimate of drug-likeness (QED) is 0.414. The molecule has 66 valence electrons. The van der Waals surface area contributed by atoms with E-state index in [1.807, 2.05) is 0 Å². The van der Waals surface area contributed by atoms with E-state index in [-0.39, 0.29) is 51.4 Å². The Morgan fingerprint density at radius 2 is 2.00 bits per heavy atom. The van der Waals surface area contributed by atoms with Crippen molar-refractivity contribution in [2.75, 3.05) is 0 Å². The van der Waals surface area contributed by atoms with Crippen LogP contribution in [0.2, 0.25) is 0 Å². The monoisotopic (exact) mass is 196 g/mol. The van der Waals surface area contributed by atoms with E-state index in [4.69, 9.17) is 5.11 Å². The van der Waals surface area contributed by atoms with Gasteiger partial charge in [-0.25, -0.2) is 4.79 Å². The number of hydrogen-bond donors (Lipinski definition) is 1. The zero-order valence-corrected chi connectivity index (χ0v) is 7.26. The predicted octanol–water partition coefficient (Wildman–Crippen LogP) is 1.95. The van der Waals surface area contributed by atoms with Crippen molar-refractivity contribution in [1.29, 1.82) is 0 Å². The number of aliphatic carboxylic acids is 1. The third-order valence-corrected chi connectivity index (χ3v) is 1.60. The van der Waals surface area contributed by atoms with Gasteiger partial charge in [0.1, 0.15) is 0 Å². The zero-order valence-electron chi connectivity index (χ0n) is 7.26. The van der Waals surface area contributed by atoms with Gasteiger partial charge < -0.3 is 5.11 Å². The Morgan fingerprint density at radius 1 is 1.42 bits per heavy atom. The number of unbranched alkanes of at least 4 members (excludes halogenated alkanes) is 3. The van der Waals surface area contributed by atoms with Crippen LogP contribution in [0.15, 0.2) is 11.6 Å². The Bertz CT molecular complexity index is 153. The number of carbonyl (C=O) groups is 1. The molecule has 0 aromatic heterocycles. The first-order valence-corrected chi connectivity index (χ1v) is 4.08. The van der Waals surface area contributed by atoms with Crippen molar-refractivity contribution in [3.05, 3.63) is 11.6 Å². The molecule has 0 aliphatic carbocycles. The molecule has 0 aliphatic heterocycles. The minimum absolute atomic E-state index is 0. The van der Waals surface area contributed by atoms with E-state index >= 15 is 0 Å². The van der Waals surface area contributed by atoms with Crippen molar-refractivity contribution in [3.63, 3.8) is 0 Å². The summed E-state index contributed by atoms with van der Waals surface area (Å²) in [4.78, 5) is 10.3. The molecule has 0 fully saturated rings. The van der Waals surface area contributed by atoms with Crippen LogP contribution in [0.25, 0.3) is 0 Å². The Morgan fingerprint density at radius 3 is 2.42 bits per heavy atom. The Hall–Kier alpha value is 0.846. The van der Waals surface area contributed by atoms with Crippen LogP contribution in [-0.2, 0) is 4.79 Å². The molecule has 0 aromatic rings. The second-order valence-corrected chi connectivity index (χ2v) is 2.69. The number of carboxylic acid groups (broad SMARTS) is 1. The SMILES string of the molecule is CCCCCC=C(C)C(=O)O.[KH]. The maximum atomic E-state index is 10.3. The van der Waals surface area contributed by atoms with Crippen LogP contribution in [0, 0.1) is 0 Å². The van der Waals surface area contributed by atoms with Crippen LogP contribution >= 0.6 is 0 Å². The summed E-state index contributed by atoms with van der Waals surface area (Å²) >= 11 is 0. The van der Waals surface area contributed by atoms with Gasteiger partial charge in [0.05, 0.1) is 0 Å². The molecular weight excluding hydrogens is 179 g/mol. The molecule has 0 heterocycles. The van der Waals surface area contributed by atoms with Crippen molar-refractivity contribution in [2.45, 2.75) is 39.5 Å². The normalized spacial score (nSPS) is 10.7. The molecular formula is C9H17KO2. The summed E-state index contributed by atoms with van der Waals surface area (Å²) in [6, 6.07) is 0. The van der Waals surface area contributed by atoms with E-state index < -0.39 is 5.97 Å². The van der Waals surface area contributed by atoms with Gasteiger partial charge in [0.15, 0.2) is 0 Å². The summed E-state index contributed by atoms with van der Waals surface area (Å²) in [6.07, 6.45) is 6.15. The zero-order chi connectivity index (χ0) is 8.69. The Labute approximate surface area is 117 Å². The number of hydrogen-bond acceptors (Lipinski definition) is 1. The van der Waals surface area contributed by atoms with E-state index in [0.717, 1.165) is 12.8 Å². The number of rotatable bonds is 5.